The van der Waals surface area contributed by atoms with Gasteiger partial charge in [0.15, 0.2) is 0 Å². The molecule has 2 fully saturated rings. The minimum absolute atomic E-state index is 0.0161. The third-order valence-electron chi connectivity index (χ3n) is 4.38. The number of piperazine rings is 2. The second kappa shape index (κ2) is 4.94. The molecule has 2 heterocycles. The molecule has 0 spiro atoms. The zero-order valence-corrected chi connectivity index (χ0v) is 11.6. The summed E-state index contributed by atoms with van der Waals surface area (Å²) in [4.78, 5) is 16.9. The summed E-state index contributed by atoms with van der Waals surface area (Å²) in [5.74, 6) is 0.243. The van der Waals surface area contributed by atoms with Crippen LogP contribution in [0.3, 0.4) is 0 Å². The van der Waals surface area contributed by atoms with E-state index in [1.54, 1.807) is 0 Å². The number of nitrogens with one attached hydrogen (secondary N) is 1. The quantitative estimate of drug-likeness (QED) is 0.815. The van der Waals surface area contributed by atoms with Gasteiger partial charge in [-0.2, -0.15) is 0 Å². The lowest BCUT2D eigenvalue weighted by molar-refractivity contribution is -0.126. The highest BCUT2D eigenvalue weighted by Gasteiger charge is 2.36. The average molecular weight is 259 g/mol. The van der Waals surface area contributed by atoms with Crippen LogP contribution in [0.2, 0.25) is 0 Å². The molecule has 0 radical (unpaired) electrons. The predicted octanol–water partition coefficient (Wildman–Crippen LogP) is 0.924. The zero-order valence-electron chi connectivity index (χ0n) is 11.6. The molecular weight excluding hydrogens is 238 g/mol. The minimum atomic E-state index is 0.0161. The van der Waals surface area contributed by atoms with E-state index in [4.69, 9.17) is 0 Å². The molecule has 1 amide bonds. The van der Waals surface area contributed by atoms with Gasteiger partial charge in [0, 0.05) is 38.4 Å². The molecule has 1 aromatic carbocycles. The molecule has 1 atom stereocenters. The standard InChI is InChI=1S/C15H21N3O/c1-11-4-3-5-13(12(11)2)18-9-8-17-7-6-16-10-14(17)15(18)19/h3-5,14,16H,6-10H2,1-2H3. The Balaban J connectivity index is 1.89. The van der Waals surface area contributed by atoms with Crippen LogP contribution < -0.4 is 10.2 Å². The van der Waals surface area contributed by atoms with Gasteiger partial charge in [-0.05, 0) is 31.0 Å². The van der Waals surface area contributed by atoms with E-state index in [2.05, 4.69) is 36.2 Å². The van der Waals surface area contributed by atoms with Crippen LogP contribution in [0.15, 0.2) is 18.2 Å². The van der Waals surface area contributed by atoms with Crippen molar-refractivity contribution in [1.29, 1.82) is 0 Å². The van der Waals surface area contributed by atoms with E-state index in [9.17, 15) is 4.79 Å². The molecule has 4 heteroatoms. The fourth-order valence-corrected chi connectivity index (χ4v) is 3.04. The van der Waals surface area contributed by atoms with Gasteiger partial charge in [0.1, 0.15) is 6.04 Å². The van der Waals surface area contributed by atoms with Crippen molar-refractivity contribution in [3.63, 3.8) is 0 Å². The van der Waals surface area contributed by atoms with Gasteiger partial charge in [-0.15, -0.1) is 0 Å². The largest absolute Gasteiger partial charge is 0.313 e. The first-order valence-corrected chi connectivity index (χ1v) is 7.01. The van der Waals surface area contributed by atoms with Gasteiger partial charge in [-0.1, -0.05) is 12.1 Å². The van der Waals surface area contributed by atoms with Gasteiger partial charge in [0.2, 0.25) is 5.91 Å². The molecule has 102 valence electrons. The van der Waals surface area contributed by atoms with Crippen molar-refractivity contribution < 1.29 is 4.79 Å². The Hall–Kier alpha value is -1.39. The average Bonchev–Trinajstić information content (AvgIpc) is 2.43. The predicted molar refractivity (Wildman–Crippen MR) is 76.5 cm³/mol. The second-order valence-electron chi connectivity index (χ2n) is 5.46. The van der Waals surface area contributed by atoms with Crippen LogP contribution in [-0.4, -0.2) is 49.6 Å². The summed E-state index contributed by atoms with van der Waals surface area (Å²) in [6.07, 6.45) is 0. The fraction of sp³-hybridized carbons (Fsp3) is 0.533. The maximum Gasteiger partial charge on any atom is 0.245 e. The molecule has 0 saturated carbocycles. The normalized spacial score (nSPS) is 24.4. The van der Waals surface area contributed by atoms with Crippen LogP contribution in [0.1, 0.15) is 11.1 Å². The lowest BCUT2D eigenvalue weighted by atomic mass is 10.0. The molecule has 0 aromatic heterocycles. The highest BCUT2D eigenvalue weighted by atomic mass is 16.2. The molecule has 19 heavy (non-hydrogen) atoms. The molecule has 0 bridgehead atoms. The van der Waals surface area contributed by atoms with Crippen molar-refractivity contribution in [3.8, 4) is 0 Å². The van der Waals surface area contributed by atoms with Gasteiger partial charge < -0.3 is 10.2 Å². The number of carbonyl (C=O) groups excluding carboxylic acids is 1. The Morgan fingerprint density at radius 1 is 1.21 bits per heavy atom. The van der Waals surface area contributed by atoms with Crippen LogP contribution in [0.4, 0.5) is 5.69 Å². The number of hydrogen-bond acceptors (Lipinski definition) is 3. The van der Waals surface area contributed by atoms with Crippen molar-refractivity contribution in [2.75, 3.05) is 37.6 Å². The number of fused-ring (bicyclic) bond motifs is 1. The van der Waals surface area contributed by atoms with Crippen molar-refractivity contribution in [2.45, 2.75) is 19.9 Å². The fourth-order valence-electron chi connectivity index (χ4n) is 3.04. The van der Waals surface area contributed by atoms with E-state index in [1.165, 1.54) is 11.1 Å². The third kappa shape index (κ3) is 2.15. The Bertz CT molecular complexity index is 500. The first kappa shape index (κ1) is 12.6. The number of aryl methyl sites for hydroxylation is 1. The van der Waals surface area contributed by atoms with Gasteiger partial charge in [0.05, 0.1) is 0 Å². The summed E-state index contributed by atoms with van der Waals surface area (Å²) < 4.78 is 0. The van der Waals surface area contributed by atoms with E-state index in [0.29, 0.717) is 0 Å². The van der Waals surface area contributed by atoms with Gasteiger partial charge in [0.25, 0.3) is 0 Å². The smallest absolute Gasteiger partial charge is 0.245 e. The molecule has 2 aliphatic heterocycles. The van der Waals surface area contributed by atoms with Crippen LogP contribution in [0.5, 0.6) is 0 Å². The number of nitrogens with zero attached hydrogens (tertiary/aromatic N) is 2. The highest BCUT2D eigenvalue weighted by Crippen LogP contribution is 2.26. The summed E-state index contributed by atoms with van der Waals surface area (Å²) in [5, 5.41) is 3.32. The molecule has 0 aliphatic carbocycles. The summed E-state index contributed by atoms with van der Waals surface area (Å²) in [5.41, 5.74) is 3.54. The summed E-state index contributed by atoms with van der Waals surface area (Å²) in [6.45, 7) is 8.74. The van der Waals surface area contributed by atoms with E-state index >= 15 is 0 Å². The first-order chi connectivity index (χ1) is 9.18. The zero-order chi connectivity index (χ0) is 13.4. The third-order valence-corrected chi connectivity index (χ3v) is 4.38. The summed E-state index contributed by atoms with van der Waals surface area (Å²) in [7, 11) is 0. The van der Waals surface area contributed by atoms with Crippen LogP contribution in [0, 0.1) is 13.8 Å². The highest BCUT2D eigenvalue weighted by molar-refractivity contribution is 5.99. The van der Waals surface area contributed by atoms with Gasteiger partial charge >= 0.3 is 0 Å². The number of hydrogen-bond donors (Lipinski definition) is 1. The Morgan fingerprint density at radius 2 is 2.05 bits per heavy atom. The molecule has 2 saturated heterocycles. The second-order valence-corrected chi connectivity index (χ2v) is 5.46. The Labute approximate surface area is 114 Å². The first-order valence-electron chi connectivity index (χ1n) is 7.01. The summed E-state index contributed by atoms with van der Waals surface area (Å²) >= 11 is 0. The number of carbonyl (C=O) groups is 1. The topological polar surface area (TPSA) is 35.6 Å². The van der Waals surface area contributed by atoms with E-state index in [-0.39, 0.29) is 11.9 Å². The molecule has 3 rings (SSSR count). The van der Waals surface area contributed by atoms with Gasteiger partial charge in [-0.3, -0.25) is 9.69 Å². The molecule has 4 nitrogen and oxygen atoms in total. The Morgan fingerprint density at radius 3 is 2.89 bits per heavy atom. The maximum absolute atomic E-state index is 12.7. The number of amides is 1. The lowest BCUT2D eigenvalue weighted by Crippen LogP contribution is -2.64. The van der Waals surface area contributed by atoms with Crippen LogP contribution >= 0.6 is 0 Å². The molecule has 1 aromatic rings. The SMILES string of the molecule is Cc1cccc(N2CCN3CCNCC3C2=O)c1C. The maximum atomic E-state index is 12.7. The minimum Gasteiger partial charge on any atom is -0.313 e. The van der Waals surface area contributed by atoms with Crippen LogP contribution in [-0.2, 0) is 4.79 Å². The van der Waals surface area contributed by atoms with E-state index < -0.39 is 0 Å². The van der Waals surface area contributed by atoms with Gasteiger partial charge in [-0.25, -0.2) is 0 Å². The van der Waals surface area contributed by atoms with Crippen molar-refractivity contribution in [2.24, 2.45) is 0 Å². The molecule has 1 unspecified atom stereocenters. The van der Waals surface area contributed by atoms with E-state index in [1.807, 2.05) is 11.0 Å². The van der Waals surface area contributed by atoms with E-state index in [0.717, 1.165) is 38.4 Å². The van der Waals surface area contributed by atoms with Crippen molar-refractivity contribution in [1.82, 2.24) is 10.2 Å². The summed E-state index contributed by atoms with van der Waals surface area (Å²) in [6, 6.07) is 6.21. The lowest BCUT2D eigenvalue weighted by Gasteiger charge is -2.43. The Kier molecular flexibility index (Phi) is 3.29. The van der Waals surface area contributed by atoms with Crippen LogP contribution in [0.25, 0.3) is 0 Å². The number of rotatable bonds is 1. The molecule has 1 N–H and O–H groups in total. The van der Waals surface area contributed by atoms with Crippen molar-refractivity contribution in [3.05, 3.63) is 29.3 Å². The van der Waals surface area contributed by atoms with Crippen molar-refractivity contribution >= 4 is 11.6 Å². The monoisotopic (exact) mass is 259 g/mol. The number of anilines is 1. The molecule has 2 aliphatic rings. The molecular formula is C15H21N3O. The number of benzene rings is 1.